The molecule has 2 N–H and O–H groups in total. The molecule has 1 amide bonds. The fraction of sp³-hybridized carbons (Fsp3) is 0.385. The van der Waals surface area contributed by atoms with E-state index in [1.54, 1.807) is 11.3 Å². The van der Waals surface area contributed by atoms with Crippen LogP contribution in [0.1, 0.15) is 30.7 Å². The van der Waals surface area contributed by atoms with Crippen LogP contribution in [0.25, 0.3) is 22.3 Å². The zero-order valence-electron chi connectivity index (χ0n) is 20.2. The van der Waals surface area contributed by atoms with Gasteiger partial charge in [0.1, 0.15) is 19.0 Å². The highest BCUT2D eigenvalue weighted by molar-refractivity contribution is 7.08. The standard InChI is InChI=1S/C26H27ClN6O3S/c27-26-30-24(28)23-25(31-26)33(7-3-16-1-5-32(15-34)6-2-16)22(29-23)12-18-11-20-21(36-9-8-35-20)13-19(18)17-4-10-37-14-17/h4,10-11,13-16H,1-3,5-9,12H2,(H2,28,30,31). The zero-order valence-corrected chi connectivity index (χ0v) is 21.8. The Kier molecular flexibility index (Phi) is 6.60. The fourth-order valence-electron chi connectivity index (χ4n) is 5.20. The highest BCUT2D eigenvalue weighted by Crippen LogP contribution is 2.39. The van der Waals surface area contributed by atoms with E-state index < -0.39 is 0 Å². The Balaban J connectivity index is 1.37. The lowest BCUT2D eigenvalue weighted by Crippen LogP contribution is -2.32. The Hall–Kier alpha value is -3.37. The number of thiophene rings is 1. The maximum atomic E-state index is 11.1. The van der Waals surface area contributed by atoms with Crippen LogP contribution >= 0.6 is 22.9 Å². The number of amides is 1. The molecule has 2 aliphatic rings. The number of halogens is 1. The molecule has 4 aromatic rings. The van der Waals surface area contributed by atoms with E-state index in [1.165, 1.54) is 0 Å². The normalized spacial score (nSPS) is 15.9. The largest absolute Gasteiger partial charge is 0.486 e. The Morgan fingerprint density at radius 1 is 1.14 bits per heavy atom. The number of imidazole rings is 1. The average Bonchev–Trinajstić information content (AvgIpc) is 3.56. The summed E-state index contributed by atoms with van der Waals surface area (Å²) >= 11 is 7.86. The quantitative estimate of drug-likeness (QED) is 0.274. The first-order valence-electron chi connectivity index (χ1n) is 12.4. The monoisotopic (exact) mass is 538 g/mol. The average molecular weight is 539 g/mol. The SMILES string of the molecule is Nc1nc(Cl)nc2c1nc(Cc1cc3c(cc1-c1ccsc1)OCCO3)n2CCC1CCN(C=O)CC1. The second-order valence-corrected chi connectivity index (χ2v) is 10.6. The Labute approximate surface area is 223 Å². The molecule has 0 radical (unpaired) electrons. The van der Waals surface area contributed by atoms with E-state index in [2.05, 4.69) is 43.5 Å². The van der Waals surface area contributed by atoms with Gasteiger partial charge < -0.3 is 24.7 Å². The summed E-state index contributed by atoms with van der Waals surface area (Å²) in [4.78, 5) is 26.5. The fourth-order valence-corrected chi connectivity index (χ4v) is 6.03. The predicted molar refractivity (Wildman–Crippen MR) is 143 cm³/mol. The van der Waals surface area contributed by atoms with E-state index in [9.17, 15) is 4.79 Å². The lowest BCUT2D eigenvalue weighted by atomic mass is 9.93. The van der Waals surface area contributed by atoms with Crippen molar-refractivity contribution < 1.29 is 14.3 Å². The summed E-state index contributed by atoms with van der Waals surface area (Å²) < 4.78 is 13.9. The Morgan fingerprint density at radius 2 is 1.92 bits per heavy atom. The topological polar surface area (TPSA) is 108 Å². The molecular weight excluding hydrogens is 512 g/mol. The van der Waals surface area contributed by atoms with Gasteiger partial charge in [0, 0.05) is 26.1 Å². The number of nitrogens with two attached hydrogens (primary N) is 1. The van der Waals surface area contributed by atoms with Crippen molar-refractivity contribution >= 4 is 46.3 Å². The summed E-state index contributed by atoms with van der Waals surface area (Å²) in [5.41, 5.74) is 10.7. The van der Waals surface area contributed by atoms with Gasteiger partial charge in [0.05, 0.1) is 0 Å². The van der Waals surface area contributed by atoms with Gasteiger partial charge in [0.25, 0.3) is 0 Å². The molecule has 11 heteroatoms. The van der Waals surface area contributed by atoms with Crippen LogP contribution < -0.4 is 15.2 Å². The van der Waals surface area contributed by atoms with Crippen molar-refractivity contribution in [2.45, 2.75) is 32.2 Å². The van der Waals surface area contributed by atoms with Gasteiger partial charge in [-0.1, -0.05) is 0 Å². The summed E-state index contributed by atoms with van der Waals surface area (Å²) in [5.74, 6) is 3.14. The molecule has 37 heavy (non-hydrogen) atoms. The molecule has 9 nitrogen and oxygen atoms in total. The summed E-state index contributed by atoms with van der Waals surface area (Å²) in [6.07, 6.45) is 4.42. The Bertz CT molecular complexity index is 1430. The van der Waals surface area contributed by atoms with Crippen molar-refractivity contribution in [3.05, 3.63) is 45.6 Å². The van der Waals surface area contributed by atoms with Gasteiger partial charge in [-0.25, -0.2) is 4.98 Å². The van der Waals surface area contributed by atoms with Crippen molar-refractivity contribution in [3.8, 4) is 22.6 Å². The minimum Gasteiger partial charge on any atom is -0.486 e. The first-order chi connectivity index (χ1) is 18.1. The van der Waals surface area contributed by atoms with Crippen LogP contribution in [0, 0.1) is 5.92 Å². The number of rotatable bonds is 7. The number of fused-ring (bicyclic) bond motifs is 2. The molecule has 5 heterocycles. The third-order valence-corrected chi connectivity index (χ3v) is 8.03. The number of hydrogen-bond acceptors (Lipinski definition) is 8. The molecule has 1 saturated heterocycles. The first kappa shape index (κ1) is 24.0. The summed E-state index contributed by atoms with van der Waals surface area (Å²) in [6.45, 7) is 3.39. The first-order valence-corrected chi connectivity index (χ1v) is 13.7. The van der Waals surface area contributed by atoms with Gasteiger partial charge in [-0.05, 0) is 82.4 Å². The second-order valence-electron chi connectivity index (χ2n) is 9.45. The predicted octanol–water partition coefficient (Wildman–Crippen LogP) is 4.41. The number of likely N-dealkylation sites (tertiary alicyclic amines) is 1. The van der Waals surface area contributed by atoms with Crippen LogP contribution in [0.3, 0.4) is 0 Å². The number of carbonyl (C=O) groups excluding carboxylic acids is 1. The number of piperidine rings is 1. The molecule has 0 bridgehead atoms. The highest BCUT2D eigenvalue weighted by atomic mass is 35.5. The zero-order chi connectivity index (χ0) is 25.4. The number of nitrogen functional groups attached to an aromatic ring is 1. The summed E-state index contributed by atoms with van der Waals surface area (Å²) in [5, 5.41) is 4.31. The number of hydrogen-bond donors (Lipinski definition) is 1. The van der Waals surface area contributed by atoms with E-state index in [0.717, 1.165) is 79.3 Å². The van der Waals surface area contributed by atoms with Crippen LogP contribution in [-0.2, 0) is 17.8 Å². The molecule has 0 atom stereocenters. The number of ether oxygens (including phenoxy) is 2. The Morgan fingerprint density at radius 3 is 2.65 bits per heavy atom. The minimum absolute atomic E-state index is 0.107. The lowest BCUT2D eigenvalue weighted by molar-refractivity contribution is -0.119. The summed E-state index contributed by atoms with van der Waals surface area (Å²) in [6, 6.07) is 6.23. The van der Waals surface area contributed by atoms with Gasteiger partial charge in [0.2, 0.25) is 11.7 Å². The van der Waals surface area contributed by atoms with Gasteiger partial charge >= 0.3 is 0 Å². The van der Waals surface area contributed by atoms with Crippen LogP contribution in [-0.4, -0.2) is 57.1 Å². The molecule has 192 valence electrons. The molecule has 0 aliphatic carbocycles. The molecule has 0 spiro atoms. The van der Waals surface area contributed by atoms with E-state index in [0.29, 0.717) is 36.7 Å². The van der Waals surface area contributed by atoms with Crippen LogP contribution in [0.4, 0.5) is 5.82 Å². The highest BCUT2D eigenvalue weighted by Gasteiger charge is 2.23. The van der Waals surface area contributed by atoms with Crippen LogP contribution in [0.5, 0.6) is 11.5 Å². The van der Waals surface area contributed by atoms with E-state index >= 15 is 0 Å². The molecule has 6 rings (SSSR count). The third-order valence-electron chi connectivity index (χ3n) is 7.18. The molecule has 2 aliphatic heterocycles. The number of nitrogens with zero attached hydrogens (tertiary/aromatic N) is 5. The van der Waals surface area contributed by atoms with E-state index in [1.807, 2.05) is 4.90 Å². The number of aromatic nitrogens is 4. The molecular formula is C26H27ClN6O3S. The smallest absolute Gasteiger partial charge is 0.226 e. The number of benzene rings is 1. The third kappa shape index (κ3) is 4.83. The molecule has 1 fully saturated rings. The van der Waals surface area contributed by atoms with Crippen molar-refractivity contribution in [2.24, 2.45) is 5.92 Å². The molecule has 3 aromatic heterocycles. The molecule has 1 aromatic carbocycles. The van der Waals surface area contributed by atoms with Crippen LogP contribution in [0.15, 0.2) is 29.0 Å². The van der Waals surface area contributed by atoms with Gasteiger partial charge in [-0.15, -0.1) is 0 Å². The molecule has 0 unspecified atom stereocenters. The number of anilines is 1. The van der Waals surface area contributed by atoms with Gasteiger partial charge in [-0.3, -0.25) is 4.79 Å². The van der Waals surface area contributed by atoms with E-state index in [-0.39, 0.29) is 11.1 Å². The van der Waals surface area contributed by atoms with E-state index in [4.69, 9.17) is 31.8 Å². The van der Waals surface area contributed by atoms with Crippen molar-refractivity contribution in [1.29, 1.82) is 0 Å². The minimum atomic E-state index is 0.107. The van der Waals surface area contributed by atoms with Crippen molar-refractivity contribution in [1.82, 2.24) is 24.4 Å². The van der Waals surface area contributed by atoms with Gasteiger partial charge in [-0.2, -0.15) is 21.3 Å². The number of carbonyl (C=O) groups is 1. The van der Waals surface area contributed by atoms with Crippen molar-refractivity contribution in [2.75, 3.05) is 32.0 Å². The van der Waals surface area contributed by atoms with Crippen LogP contribution in [0.2, 0.25) is 5.28 Å². The second kappa shape index (κ2) is 10.2. The maximum Gasteiger partial charge on any atom is 0.226 e. The molecule has 0 saturated carbocycles. The lowest BCUT2D eigenvalue weighted by Gasteiger charge is -2.29. The summed E-state index contributed by atoms with van der Waals surface area (Å²) in [7, 11) is 0. The maximum absolute atomic E-state index is 11.1. The number of aryl methyl sites for hydroxylation is 1. The van der Waals surface area contributed by atoms with Gasteiger partial charge in [0.15, 0.2) is 28.5 Å². The van der Waals surface area contributed by atoms with Crippen molar-refractivity contribution in [3.63, 3.8) is 0 Å².